The molecule has 0 aromatic carbocycles. The molecule has 0 amide bonds. The molecule has 0 aromatic heterocycles. The summed E-state index contributed by atoms with van der Waals surface area (Å²) in [6.45, 7) is 1.78. The van der Waals surface area contributed by atoms with Crippen LogP contribution in [-0.4, -0.2) is 30.6 Å². The second kappa shape index (κ2) is 3.10. The highest BCUT2D eigenvalue weighted by Gasteiger charge is 2.40. The SMILES string of the molecule is CC(OC1C(=O)COC1=O)C1CC1. The number of cyclic esters (lactones) is 1. The number of carbonyl (C=O) groups is 2. The van der Waals surface area contributed by atoms with Crippen molar-refractivity contribution in [2.75, 3.05) is 6.61 Å². The van der Waals surface area contributed by atoms with Crippen LogP contribution in [0.1, 0.15) is 19.8 Å². The molecule has 0 spiro atoms. The quantitative estimate of drug-likeness (QED) is 0.467. The van der Waals surface area contributed by atoms with E-state index in [0.717, 1.165) is 12.8 Å². The van der Waals surface area contributed by atoms with E-state index >= 15 is 0 Å². The normalized spacial score (nSPS) is 30.4. The molecule has 0 aromatic rings. The fraction of sp³-hybridized carbons (Fsp3) is 0.778. The van der Waals surface area contributed by atoms with Crippen molar-refractivity contribution < 1.29 is 19.1 Å². The Kier molecular flexibility index (Phi) is 2.07. The van der Waals surface area contributed by atoms with Crippen molar-refractivity contribution in [3.05, 3.63) is 0 Å². The van der Waals surface area contributed by atoms with Crippen LogP contribution in [0.4, 0.5) is 0 Å². The Morgan fingerprint density at radius 1 is 1.46 bits per heavy atom. The predicted molar refractivity (Wildman–Crippen MR) is 43.0 cm³/mol. The third kappa shape index (κ3) is 1.72. The molecule has 4 nitrogen and oxygen atoms in total. The van der Waals surface area contributed by atoms with E-state index in [1.165, 1.54) is 0 Å². The smallest absolute Gasteiger partial charge is 0.343 e. The van der Waals surface area contributed by atoms with Crippen LogP contribution in [0.25, 0.3) is 0 Å². The van der Waals surface area contributed by atoms with E-state index in [4.69, 9.17) is 4.74 Å². The number of carbonyl (C=O) groups excluding carboxylic acids is 2. The van der Waals surface area contributed by atoms with E-state index in [-0.39, 0.29) is 18.5 Å². The minimum absolute atomic E-state index is 0.000370. The molecule has 2 rings (SSSR count). The average molecular weight is 184 g/mol. The lowest BCUT2D eigenvalue weighted by Crippen LogP contribution is -2.30. The van der Waals surface area contributed by atoms with Gasteiger partial charge in [-0.1, -0.05) is 0 Å². The van der Waals surface area contributed by atoms with Gasteiger partial charge >= 0.3 is 5.97 Å². The van der Waals surface area contributed by atoms with Gasteiger partial charge in [-0.2, -0.15) is 0 Å². The fourth-order valence-electron chi connectivity index (χ4n) is 1.45. The maximum Gasteiger partial charge on any atom is 0.343 e. The van der Waals surface area contributed by atoms with E-state index in [0.29, 0.717) is 5.92 Å². The maximum atomic E-state index is 11.1. The van der Waals surface area contributed by atoms with Gasteiger partial charge in [0.25, 0.3) is 0 Å². The molecule has 13 heavy (non-hydrogen) atoms. The summed E-state index contributed by atoms with van der Waals surface area (Å²) in [7, 11) is 0. The molecule has 4 heteroatoms. The molecule has 1 saturated carbocycles. The number of ether oxygens (including phenoxy) is 2. The van der Waals surface area contributed by atoms with E-state index in [1.54, 1.807) is 0 Å². The van der Waals surface area contributed by atoms with Gasteiger partial charge in [0.15, 0.2) is 6.61 Å². The summed E-state index contributed by atoms with van der Waals surface area (Å²) in [5, 5.41) is 0. The van der Waals surface area contributed by atoms with Crippen LogP contribution in [0.5, 0.6) is 0 Å². The van der Waals surface area contributed by atoms with Crippen molar-refractivity contribution in [1.29, 1.82) is 0 Å². The molecule has 2 aliphatic rings. The highest BCUT2D eigenvalue weighted by Crippen LogP contribution is 2.34. The van der Waals surface area contributed by atoms with Crippen molar-refractivity contribution >= 4 is 11.8 Å². The zero-order valence-electron chi connectivity index (χ0n) is 7.49. The monoisotopic (exact) mass is 184 g/mol. The second-order valence-corrected chi connectivity index (χ2v) is 3.63. The molecule has 2 fully saturated rings. The average Bonchev–Trinajstić information content (AvgIpc) is 2.88. The van der Waals surface area contributed by atoms with Gasteiger partial charge < -0.3 is 9.47 Å². The highest BCUT2D eigenvalue weighted by molar-refractivity contribution is 6.07. The Hall–Kier alpha value is -0.900. The zero-order valence-corrected chi connectivity index (χ0v) is 7.49. The van der Waals surface area contributed by atoms with Crippen molar-refractivity contribution in [3.8, 4) is 0 Å². The summed E-state index contributed by atoms with van der Waals surface area (Å²) in [4.78, 5) is 22.1. The molecular weight excluding hydrogens is 172 g/mol. The molecule has 0 radical (unpaired) electrons. The van der Waals surface area contributed by atoms with Crippen molar-refractivity contribution in [2.24, 2.45) is 5.92 Å². The topological polar surface area (TPSA) is 52.6 Å². The van der Waals surface area contributed by atoms with Crippen LogP contribution in [-0.2, 0) is 19.1 Å². The summed E-state index contributed by atoms with van der Waals surface area (Å²) in [5.74, 6) is -0.254. The molecule has 2 atom stereocenters. The van der Waals surface area contributed by atoms with Crippen molar-refractivity contribution in [1.82, 2.24) is 0 Å². The van der Waals surface area contributed by atoms with Gasteiger partial charge in [0.1, 0.15) is 0 Å². The second-order valence-electron chi connectivity index (χ2n) is 3.63. The molecule has 2 unspecified atom stereocenters. The molecule has 1 heterocycles. The lowest BCUT2D eigenvalue weighted by atomic mass is 10.2. The molecule has 1 aliphatic carbocycles. The lowest BCUT2D eigenvalue weighted by Gasteiger charge is -2.13. The molecule has 0 N–H and O–H groups in total. The summed E-state index contributed by atoms with van der Waals surface area (Å²) in [5.41, 5.74) is 0. The predicted octanol–water partition coefficient (Wildman–Crippen LogP) is 0.296. The first-order chi connectivity index (χ1) is 6.18. The number of rotatable bonds is 3. The standard InChI is InChI=1S/C9H12O4/c1-5(6-2-3-6)13-8-7(10)4-12-9(8)11/h5-6,8H,2-4H2,1H3. The summed E-state index contributed by atoms with van der Waals surface area (Å²) >= 11 is 0. The maximum absolute atomic E-state index is 11.1. The number of Topliss-reactive ketones (excluding diaryl/α,β-unsaturated/α-hetero) is 1. The molecule has 72 valence electrons. The van der Waals surface area contributed by atoms with Crippen LogP contribution in [0, 0.1) is 5.92 Å². The minimum atomic E-state index is -0.949. The number of esters is 1. The first-order valence-corrected chi connectivity index (χ1v) is 4.53. The van der Waals surface area contributed by atoms with Crippen molar-refractivity contribution in [3.63, 3.8) is 0 Å². The Labute approximate surface area is 76.2 Å². The number of hydrogen-bond acceptors (Lipinski definition) is 4. The molecular formula is C9H12O4. The van der Waals surface area contributed by atoms with Gasteiger partial charge in [-0.3, -0.25) is 4.79 Å². The third-order valence-corrected chi connectivity index (χ3v) is 2.50. The van der Waals surface area contributed by atoms with Gasteiger partial charge in [0, 0.05) is 0 Å². The van der Waals surface area contributed by atoms with Gasteiger partial charge in [-0.15, -0.1) is 0 Å². The van der Waals surface area contributed by atoms with E-state index in [2.05, 4.69) is 4.74 Å². The number of hydrogen-bond donors (Lipinski definition) is 0. The Bertz CT molecular complexity index is 228. The fourth-order valence-corrected chi connectivity index (χ4v) is 1.45. The molecule has 0 bridgehead atoms. The van der Waals surface area contributed by atoms with Crippen LogP contribution in [0.2, 0.25) is 0 Å². The van der Waals surface area contributed by atoms with Crippen LogP contribution in [0.3, 0.4) is 0 Å². The Morgan fingerprint density at radius 3 is 2.62 bits per heavy atom. The third-order valence-electron chi connectivity index (χ3n) is 2.50. The lowest BCUT2D eigenvalue weighted by molar-refractivity contribution is -0.151. The Morgan fingerprint density at radius 2 is 2.15 bits per heavy atom. The summed E-state index contributed by atoms with van der Waals surface area (Å²) in [6, 6.07) is 0. The molecule has 1 aliphatic heterocycles. The van der Waals surface area contributed by atoms with Gasteiger partial charge in [0.05, 0.1) is 6.10 Å². The van der Waals surface area contributed by atoms with Crippen LogP contribution < -0.4 is 0 Å². The summed E-state index contributed by atoms with van der Waals surface area (Å²) in [6.07, 6.45) is 1.32. The van der Waals surface area contributed by atoms with Crippen LogP contribution >= 0.6 is 0 Å². The van der Waals surface area contributed by atoms with Gasteiger partial charge in [0.2, 0.25) is 11.9 Å². The Balaban J connectivity index is 1.91. The van der Waals surface area contributed by atoms with Gasteiger partial charge in [-0.05, 0) is 25.7 Å². The van der Waals surface area contributed by atoms with Crippen molar-refractivity contribution in [2.45, 2.75) is 32.0 Å². The largest absolute Gasteiger partial charge is 0.455 e. The minimum Gasteiger partial charge on any atom is -0.455 e. The highest BCUT2D eigenvalue weighted by atomic mass is 16.6. The van der Waals surface area contributed by atoms with E-state index in [9.17, 15) is 9.59 Å². The summed E-state index contributed by atoms with van der Waals surface area (Å²) < 4.78 is 9.90. The van der Waals surface area contributed by atoms with Crippen LogP contribution in [0.15, 0.2) is 0 Å². The molecule has 1 saturated heterocycles. The van der Waals surface area contributed by atoms with E-state index < -0.39 is 12.1 Å². The first kappa shape index (κ1) is 8.69. The number of ketones is 1. The first-order valence-electron chi connectivity index (χ1n) is 4.53. The van der Waals surface area contributed by atoms with E-state index in [1.807, 2.05) is 6.92 Å². The van der Waals surface area contributed by atoms with Gasteiger partial charge in [-0.25, -0.2) is 4.79 Å². The zero-order chi connectivity index (χ0) is 9.42.